The van der Waals surface area contributed by atoms with Crippen LogP contribution in [0, 0.1) is 11.2 Å². The van der Waals surface area contributed by atoms with E-state index in [1.54, 1.807) is 0 Å². The van der Waals surface area contributed by atoms with Crippen molar-refractivity contribution in [1.82, 2.24) is 5.32 Å². The van der Waals surface area contributed by atoms with Crippen molar-refractivity contribution in [2.45, 2.75) is 51.9 Å². The first-order valence-corrected chi connectivity index (χ1v) is 9.24. The van der Waals surface area contributed by atoms with Crippen LogP contribution in [0.25, 0.3) is 0 Å². The van der Waals surface area contributed by atoms with Crippen LogP contribution in [0.2, 0.25) is 0 Å². The second-order valence-corrected chi connectivity index (χ2v) is 8.31. The van der Waals surface area contributed by atoms with Crippen molar-refractivity contribution in [1.29, 1.82) is 0 Å². The Balaban J connectivity index is 2.23. The predicted octanol–water partition coefficient (Wildman–Crippen LogP) is 5.04. The number of halogens is 4. The summed E-state index contributed by atoms with van der Waals surface area (Å²) in [4.78, 5) is 12.4. The van der Waals surface area contributed by atoms with Crippen molar-refractivity contribution in [3.05, 3.63) is 71.0 Å². The number of aliphatic hydroxyl groups excluding tert-OH is 1. The van der Waals surface area contributed by atoms with Crippen LogP contribution < -0.4 is 5.32 Å². The molecule has 0 fully saturated rings. The third kappa shape index (κ3) is 7.16. The third-order valence-electron chi connectivity index (χ3n) is 4.37. The number of rotatable bonds is 6. The number of alkyl halides is 3. The molecule has 2 N–H and O–H groups in total. The number of amides is 1. The smallest absolute Gasteiger partial charge is 0.386 e. The highest BCUT2D eigenvalue weighted by molar-refractivity contribution is 5.77. The van der Waals surface area contributed by atoms with Gasteiger partial charge in [-0.3, -0.25) is 4.79 Å². The fourth-order valence-electron chi connectivity index (χ4n) is 2.96. The Morgan fingerprint density at radius 3 is 2.03 bits per heavy atom. The van der Waals surface area contributed by atoms with E-state index in [4.69, 9.17) is 0 Å². The number of carbonyl (C=O) groups excluding carboxylic acids is 1. The zero-order valence-electron chi connectivity index (χ0n) is 16.6. The topological polar surface area (TPSA) is 49.3 Å². The minimum absolute atomic E-state index is 0.118. The summed E-state index contributed by atoms with van der Waals surface area (Å²) in [6.07, 6.45) is -5.26. The first kappa shape index (κ1) is 22.9. The molecule has 0 aliphatic rings. The number of nitrogens with one attached hydrogen (secondary N) is 1. The van der Waals surface area contributed by atoms with Crippen LogP contribution in [0.5, 0.6) is 0 Å². The lowest BCUT2D eigenvalue weighted by molar-refractivity contribution is -0.137. The van der Waals surface area contributed by atoms with Gasteiger partial charge in [-0.25, -0.2) is 4.39 Å². The Hall–Kier alpha value is -2.41. The van der Waals surface area contributed by atoms with Gasteiger partial charge in [0.15, 0.2) is 0 Å². The van der Waals surface area contributed by atoms with E-state index in [-0.39, 0.29) is 24.2 Å². The van der Waals surface area contributed by atoms with E-state index in [0.717, 1.165) is 12.1 Å². The molecule has 2 aromatic rings. The van der Waals surface area contributed by atoms with Gasteiger partial charge in [0, 0.05) is 6.42 Å². The van der Waals surface area contributed by atoms with Gasteiger partial charge in [-0.1, -0.05) is 45.0 Å². The van der Waals surface area contributed by atoms with Crippen molar-refractivity contribution >= 4 is 5.91 Å². The second kappa shape index (κ2) is 8.95. The average Bonchev–Trinajstić information content (AvgIpc) is 2.59. The highest BCUT2D eigenvalue weighted by Gasteiger charge is 2.30. The van der Waals surface area contributed by atoms with Crippen LogP contribution in [-0.2, 0) is 17.4 Å². The summed E-state index contributed by atoms with van der Waals surface area (Å²) in [5, 5.41) is 13.5. The summed E-state index contributed by atoms with van der Waals surface area (Å²) < 4.78 is 51.5. The molecule has 0 saturated heterocycles. The molecule has 0 aromatic heterocycles. The molecule has 0 spiro atoms. The first-order valence-electron chi connectivity index (χ1n) is 9.24. The van der Waals surface area contributed by atoms with Crippen LogP contribution in [-0.4, -0.2) is 17.1 Å². The summed E-state index contributed by atoms with van der Waals surface area (Å²) in [6, 6.07) is 9.01. The fourth-order valence-corrected chi connectivity index (χ4v) is 2.96. The largest absolute Gasteiger partial charge is 0.416 e. The molecule has 0 radical (unpaired) electrons. The Kier molecular flexibility index (Phi) is 7.06. The van der Waals surface area contributed by atoms with Crippen LogP contribution in [0.15, 0.2) is 48.5 Å². The summed E-state index contributed by atoms with van der Waals surface area (Å²) in [6.45, 7) is 5.69. The monoisotopic (exact) mass is 411 g/mol. The fraction of sp³-hybridized carbons (Fsp3) is 0.409. The van der Waals surface area contributed by atoms with E-state index in [0.29, 0.717) is 11.1 Å². The zero-order valence-corrected chi connectivity index (χ0v) is 16.6. The van der Waals surface area contributed by atoms with Crippen LogP contribution >= 0.6 is 0 Å². The van der Waals surface area contributed by atoms with Gasteiger partial charge in [0.1, 0.15) is 5.82 Å². The van der Waals surface area contributed by atoms with Crippen LogP contribution in [0.4, 0.5) is 17.6 Å². The Morgan fingerprint density at radius 2 is 1.55 bits per heavy atom. The number of benzene rings is 2. The Morgan fingerprint density at radius 1 is 1.00 bits per heavy atom. The summed E-state index contributed by atoms with van der Waals surface area (Å²) in [5.74, 6) is -0.743. The quantitative estimate of drug-likeness (QED) is 0.654. The van der Waals surface area contributed by atoms with Crippen molar-refractivity contribution in [3.8, 4) is 0 Å². The van der Waals surface area contributed by atoms with Gasteiger partial charge in [-0.05, 0) is 47.2 Å². The normalized spacial score (nSPS) is 14.3. The molecule has 0 aliphatic heterocycles. The lowest BCUT2D eigenvalue weighted by atomic mass is 9.90. The molecule has 1 amide bonds. The standard InChI is InChI=1S/C22H25F4NO2/c1-21(2,3)13-19(28)27-18(20(29)15-6-10-17(23)11-7-15)12-14-4-8-16(9-5-14)22(24,25)26/h4-11,18,20,29H,12-13H2,1-3H3,(H,27,28). The molecular formula is C22H25F4NO2. The number of hydrogen-bond acceptors (Lipinski definition) is 2. The maximum absolute atomic E-state index is 13.2. The van der Waals surface area contributed by atoms with E-state index in [1.165, 1.54) is 36.4 Å². The second-order valence-electron chi connectivity index (χ2n) is 8.31. The maximum Gasteiger partial charge on any atom is 0.416 e. The minimum atomic E-state index is -4.44. The molecule has 2 atom stereocenters. The molecule has 2 unspecified atom stereocenters. The number of carbonyl (C=O) groups is 1. The molecule has 0 aliphatic carbocycles. The van der Waals surface area contributed by atoms with Crippen molar-refractivity contribution in [3.63, 3.8) is 0 Å². The van der Waals surface area contributed by atoms with E-state index in [2.05, 4.69) is 5.32 Å². The molecule has 2 aromatic carbocycles. The highest BCUT2D eigenvalue weighted by Crippen LogP contribution is 2.30. The SMILES string of the molecule is CC(C)(C)CC(=O)NC(Cc1ccc(C(F)(F)F)cc1)C(O)c1ccc(F)cc1. The van der Waals surface area contributed by atoms with Gasteiger partial charge in [-0.2, -0.15) is 13.2 Å². The maximum atomic E-state index is 13.2. The molecule has 3 nitrogen and oxygen atoms in total. The van der Waals surface area contributed by atoms with Gasteiger partial charge in [-0.15, -0.1) is 0 Å². The van der Waals surface area contributed by atoms with Crippen molar-refractivity contribution in [2.24, 2.45) is 5.41 Å². The molecule has 0 heterocycles. The van der Waals surface area contributed by atoms with Gasteiger partial charge in [0.2, 0.25) is 5.91 Å². The number of aliphatic hydroxyl groups is 1. The molecule has 0 bridgehead atoms. The third-order valence-corrected chi connectivity index (χ3v) is 4.37. The Bertz CT molecular complexity index is 809. The van der Waals surface area contributed by atoms with E-state index in [1.807, 2.05) is 20.8 Å². The zero-order chi connectivity index (χ0) is 21.8. The van der Waals surface area contributed by atoms with E-state index in [9.17, 15) is 27.5 Å². The molecule has 2 rings (SSSR count). The van der Waals surface area contributed by atoms with E-state index >= 15 is 0 Å². The molecule has 158 valence electrons. The van der Waals surface area contributed by atoms with E-state index < -0.39 is 29.7 Å². The lowest BCUT2D eigenvalue weighted by Gasteiger charge is -2.27. The summed E-state index contributed by atoms with van der Waals surface area (Å²) >= 11 is 0. The summed E-state index contributed by atoms with van der Waals surface area (Å²) in [7, 11) is 0. The van der Waals surface area contributed by atoms with Gasteiger partial charge >= 0.3 is 6.18 Å². The minimum Gasteiger partial charge on any atom is -0.386 e. The number of hydrogen-bond donors (Lipinski definition) is 2. The first-order chi connectivity index (χ1) is 13.3. The lowest BCUT2D eigenvalue weighted by Crippen LogP contribution is -2.42. The predicted molar refractivity (Wildman–Crippen MR) is 103 cm³/mol. The average molecular weight is 411 g/mol. The van der Waals surface area contributed by atoms with Crippen molar-refractivity contribution < 1.29 is 27.5 Å². The van der Waals surface area contributed by atoms with Gasteiger partial charge in [0.25, 0.3) is 0 Å². The molecule has 7 heteroatoms. The van der Waals surface area contributed by atoms with Crippen LogP contribution in [0.1, 0.15) is 50.0 Å². The highest BCUT2D eigenvalue weighted by atomic mass is 19.4. The molecular weight excluding hydrogens is 386 g/mol. The molecule has 29 heavy (non-hydrogen) atoms. The molecule has 0 saturated carbocycles. The Labute approximate surface area is 167 Å². The summed E-state index contributed by atoms with van der Waals surface area (Å²) in [5.41, 5.74) is -0.114. The van der Waals surface area contributed by atoms with Gasteiger partial charge in [0.05, 0.1) is 17.7 Å². The van der Waals surface area contributed by atoms with Crippen molar-refractivity contribution in [2.75, 3.05) is 0 Å². The van der Waals surface area contributed by atoms with Gasteiger partial charge < -0.3 is 10.4 Å². The van der Waals surface area contributed by atoms with Crippen LogP contribution in [0.3, 0.4) is 0 Å².